The first kappa shape index (κ1) is 12.6. The highest BCUT2D eigenvalue weighted by atomic mass is 16.5. The lowest BCUT2D eigenvalue weighted by atomic mass is 10.1. The average molecular weight is 260 g/mol. The van der Waals surface area contributed by atoms with Crippen molar-refractivity contribution in [2.75, 3.05) is 11.9 Å². The van der Waals surface area contributed by atoms with Crippen molar-refractivity contribution < 1.29 is 9.53 Å². The van der Waals surface area contributed by atoms with Crippen LogP contribution in [0.25, 0.3) is 0 Å². The Balaban J connectivity index is 1.63. The van der Waals surface area contributed by atoms with Crippen molar-refractivity contribution in [1.82, 2.24) is 0 Å². The summed E-state index contributed by atoms with van der Waals surface area (Å²) >= 11 is 0. The maximum atomic E-state index is 12.1. The number of anilines is 1. The zero-order chi connectivity index (χ0) is 13.2. The van der Waals surface area contributed by atoms with Gasteiger partial charge in [-0.15, -0.1) is 0 Å². The van der Waals surface area contributed by atoms with Gasteiger partial charge < -0.3 is 15.8 Å². The van der Waals surface area contributed by atoms with Gasteiger partial charge in [0, 0.05) is 12.2 Å². The smallest absolute Gasteiger partial charge is 0.253 e. The lowest BCUT2D eigenvalue weighted by Gasteiger charge is -2.13. The zero-order valence-corrected chi connectivity index (χ0v) is 11.0. The number of benzene rings is 1. The third-order valence-corrected chi connectivity index (χ3v) is 4.03. The molecule has 1 aliphatic carbocycles. The molecule has 2 aliphatic rings. The molecule has 1 aromatic rings. The number of hydrogen-bond acceptors (Lipinski definition) is 3. The number of rotatable bonds is 3. The first-order valence-corrected chi connectivity index (χ1v) is 7.04. The van der Waals surface area contributed by atoms with Gasteiger partial charge in [-0.3, -0.25) is 4.79 Å². The second-order valence-electron chi connectivity index (χ2n) is 5.39. The number of ether oxygens (including phenoxy) is 1. The Kier molecular flexibility index (Phi) is 3.53. The number of carbonyl (C=O) groups is 1. The van der Waals surface area contributed by atoms with Crippen LogP contribution in [-0.2, 0) is 22.4 Å². The molecule has 1 aromatic carbocycles. The molecule has 3 rings (SSSR count). The number of hydrogen-bond donors (Lipinski definition) is 2. The summed E-state index contributed by atoms with van der Waals surface area (Å²) in [6.45, 7) is 0.489. The number of fused-ring (bicyclic) bond motifs is 1. The fourth-order valence-corrected chi connectivity index (χ4v) is 2.94. The van der Waals surface area contributed by atoms with E-state index in [1.54, 1.807) is 0 Å². The van der Waals surface area contributed by atoms with Crippen LogP contribution < -0.4 is 11.1 Å². The summed E-state index contributed by atoms with van der Waals surface area (Å²) in [4.78, 5) is 12.1. The van der Waals surface area contributed by atoms with E-state index in [1.807, 2.05) is 6.07 Å². The third-order valence-electron chi connectivity index (χ3n) is 4.03. The van der Waals surface area contributed by atoms with Crippen LogP contribution in [0.15, 0.2) is 18.2 Å². The molecule has 0 spiro atoms. The van der Waals surface area contributed by atoms with E-state index in [0.717, 1.165) is 31.4 Å². The van der Waals surface area contributed by atoms with E-state index >= 15 is 0 Å². The molecule has 1 saturated heterocycles. The van der Waals surface area contributed by atoms with Crippen molar-refractivity contribution in [3.8, 4) is 0 Å². The van der Waals surface area contributed by atoms with Crippen molar-refractivity contribution in [1.29, 1.82) is 0 Å². The van der Waals surface area contributed by atoms with Crippen molar-refractivity contribution in [2.45, 2.75) is 44.3 Å². The Labute approximate surface area is 113 Å². The van der Waals surface area contributed by atoms with Crippen LogP contribution in [0, 0.1) is 0 Å². The molecule has 1 amide bonds. The Morgan fingerprint density at radius 1 is 1.32 bits per heavy atom. The molecular weight excluding hydrogens is 240 g/mol. The lowest BCUT2D eigenvalue weighted by molar-refractivity contribution is -0.126. The van der Waals surface area contributed by atoms with Crippen molar-refractivity contribution in [2.24, 2.45) is 5.73 Å². The SMILES string of the molecule is NC[C@H]1CC[C@@H](C(=O)Nc2ccc3c(c2)CCC3)O1. The van der Waals surface area contributed by atoms with Crippen LogP contribution in [-0.4, -0.2) is 24.7 Å². The third kappa shape index (κ3) is 2.65. The predicted octanol–water partition coefficient (Wildman–Crippen LogP) is 1.62. The fraction of sp³-hybridized carbons (Fsp3) is 0.533. The van der Waals surface area contributed by atoms with E-state index in [4.69, 9.17) is 10.5 Å². The summed E-state index contributed by atoms with van der Waals surface area (Å²) in [5, 5.41) is 2.95. The highest BCUT2D eigenvalue weighted by Gasteiger charge is 2.29. The second-order valence-corrected chi connectivity index (χ2v) is 5.39. The maximum absolute atomic E-state index is 12.1. The van der Waals surface area contributed by atoms with E-state index < -0.39 is 0 Å². The number of nitrogens with two attached hydrogens (primary N) is 1. The monoisotopic (exact) mass is 260 g/mol. The number of aryl methyl sites for hydroxylation is 2. The van der Waals surface area contributed by atoms with Gasteiger partial charge in [-0.1, -0.05) is 6.07 Å². The van der Waals surface area contributed by atoms with Crippen LogP contribution in [0.1, 0.15) is 30.4 Å². The van der Waals surface area contributed by atoms with Crippen molar-refractivity contribution in [3.63, 3.8) is 0 Å². The Morgan fingerprint density at radius 2 is 2.16 bits per heavy atom. The molecule has 1 aliphatic heterocycles. The van der Waals surface area contributed by atoms with Gasteiger partial charge >= 0.3 is 0 Å². The molecule has 0 radical (unpaired) electrons. The predicted molar refractivity (Wildman–Crippen MR) is 74.0 cm³/mol. The second kappa shape index (κ2) is 5.31. The summed E-state index contributed by atoms with van der Waals surface area (Å²) in [5.41, 5.74) is 9.21. The number of amides is 1. The van der Waals surface area contributed by atoms with Crippen molar-refractivity contribution in [3.05, 3.63) is 29.3 Å². The quantitative estimate of drug-likeness (QED) is 0.868. The van der Waals surface area contributed by atoms with Gasteiger partial charge in [0.2, 0.25) is 0 Å². The fourth-order valence-electron chi connectivity index (χ4n) is 2.94. The van der Waals surface area contributed by atoms with E-state index in [2.05, 4.69) is 17.4 Å². The Hall–Kier alpha value is -1.39. The van der Waals surface area contributed by atoms with E-state index in [0.29, 0.717) is 6.54 Å². The Bertz CT molecular complexity index is 487. The number of carbonyl (C=O) groups excluding carboxylic acids is 1. The first-order chi connectivity index (χ1) is 9.26. The van der Waals surface area contributed by atoms with Gasteiger partial charge in [0.05, 0.1) is 6.10 Å². The topological polar surface area (TPSA) is 64.4 Å². The van der Waals surface area contributed by atoms with Gasteiger partial charge in [0.1, 0.15) is 6.10 Å². The molecule has 0 unspecified atom stereocenters. The zero-order valence-electron chi connectivity index (χ0n) is 11.0. The molecule has 1 heterocycles. The first-order valence-electron chi connectivity index (χ1n) is 7.04. The lowest BCUT2D eigenvalue weighted by Crippen LogP contribution is -2.29. The normalized spacial score (nSPS) is 25.3. The highest BCUT2D eigenvalue weighted by Crippen LogP contribution is 2.26. The molecular formula is C15H20N2O2. The summed E-state index contributed by atoms with van der Waals surface area (Å²) in [5.74, 6) is -0.0473. The van der Waals surface area contributed by atoms with Crippen LogP contribution in [0.4, 0.5) is 5.69 Å². The van der Waals surface area contributed by atoms with E-state index in [1.165, 1.54) is 17.5 Å². The molecule has 3 N–H and O–H groups in total. The summed E-state index contributed by atoms with van der Waals surface area (Å²) in [7, 11) is 0. The van der Waals surface area contributed by atoms with Crippen LogP contribution in [0.5, 0.6) is 0 Å². The van der Waals surface area contributed by atoms with Gasteiger partial charge in [-0.25, -0.2) is 0 Å². The van der Waals surface area contributed by atoms with Crippen LogP contribution >= 0.6 is 0 Å². The van der Waals surface area contributed by atoms with Gasteiger partial charge in [-0.05, 0) is 55.4 Å². The van der Waals surface area contributed by atoms with Crippen molar-refractivity contribution >= 4 is 11.6 Å². The molecule has 4 heteroatoms. The maximum Gasteiger partial charge on any atom is 0.253 e. The summed E-state index contributed by atoms with van der Waals surface area (Å²) in [6.07, 6.45) is 4.83. The molecule has 0 bridgehead atoms. The van der Waals surface area contributed by atoms with Gasteiger partial charge in [-0.2, -0.15) is 0 Å². The minimum atomic E-state index is -0.346. The molecule has 1 fully saturated rings. The Morgan fingerprint density at radius 3 is 2.95 bits per heavy atom. The minimum Gasteiger partial charge on any atom is -0.364 e. The van der Waals surface area contributed by atoms with E-state index in [-0.39, 0.29) is 18.1 Å². The van der Waals surface area contributed by atoms with Gasteiger partial charge in [0.25, 0.3) is 5.91 Å². The molecule has 19 heavy (non-hydrogen) atoms. The largest absolute Gasteiger partial charge is 0.364 e. The number of nitrogens with one attached hydrogen (secondary N) is 1. The van der Waals surface area contributed by atoms with E-state index in [9.17, 15) is 4.79 Å². The summed E-state index contributed by atoms with van der Waals surface area (Å²) in [6, 6.07) is 6.20. The molecule has 0 saturated carbocycles. The average Bonchev–Trinajstić information content (AvgIpc) is 3.06. The standard InChI is InChI=1S/C15H20N2O2/c16-9-13-6-7-14(19-13)15(18)17-12-5-4-10-2-1-3-11(10)8-12/h4-5,8,13-14H,1-3,6-7,9,16H2,(H,17,18)/t13-,14+/m1/s1. The molecule has 2 atom stereocenters. The minimum absolute atomic E-state index is 0.0378. The highest BCUT2D eigenvalue weighted by molar-refractivity contribution is 5.94. The van der Waals surface area contributed by atoms with Crippen LogP contribution in [0.3, 0.4) is 0 Å². The summed E-state index contributed by atoms with van der Waals surface area (Å²) < 4.78 is 5.60. The van der Waals surface area contributed by atoms with Gasteiger partial charge in [0.15, 0.2) is 0 Å². The molecule has 0 aromatic heterocycles. The van der Waals surface area contributed by atoms with Crippen LogP contribution in [0.2, 0.25) is 0 Å². The molecule has 102 valence electrons. The molecule has 4 nitrogen and oxygen atoms in total.